The first-order valence-corrected chi connectivity index (χ1v) is 10.3. The predicted molar refractivity (Wildman–Crippen MR) is 118 cm³/mol. The first kappa shape index (κ1) is 19.3. The van der Waals surface area contributed by atoms with E-state index in [0.29, 0.717) is 12.5 Å². The van der Waals surface area contributed by atoms with Gasteiger partial charge < -0.3 is 14.8 Å². The Bertz CT molecular complexity index is 1020. The lowest BCUT2D eigenvalue weighted by atomic mass is 9.94. The molecule has 3 aromatic rings. The highest BCUT2D eigenvalue weighted by atomic mass is 16.2. The van der Waals surface area contributed by atoms with Crippen LogP contribution in [-0.4, -0.2) is 22.0 Å². The van der Waals surface area contributed by atoms with E-state index >= 15 is 0 Å². The van der Waals surface area contributed by atoms with E-state index in [1.54, 1.807) is 0 Å². The van der Waals surface area contributed by atoms with Gasteiger partial charge in [0, 0.05) is 30.7 Å². The Morgan fingerprint density at radius 2 is 1.79 bits per heavy atom. The van der Waals surface area contributed by atoms with Crippen molar-refractivity contribution >= 4 is 11.7 Å². The Morgan fingerprint density at radius 3 is 2.48 bits per heavy atom. The van der Waals surface area contributed by atoms with E-state index in [1.165, 1.54) is 22.3 Å². The average Bonchev–Trinajstić information content (AvgIpc) is 3.17. The molecule has 1 aliphatic rings. The Morgan fingerprint density at radius 1 is 1.03 bits per heavy atom. The molecule has 4 nitrogen and oxygen atoms in total. The van der Waals surface area contributed by atoms with Gasteiger partial charge in [0.1, 0.15) is 0 Å². The number of nitrogens with zero attached hydrogens (tertiary/aromatic N) is 2. The lowest BCUT2D eigenvalue weighted by molar-refractivity contribution is 0.181. The summed E-state index contributed by atoms with van der Waals surface area (Å²) in [6, 6.07) is 18.7. The van der Waals surface area contributed by atoms with E-state index in [4.69, 9.17) is 0 Å². The zero-order chi connectivity index (χ0) is 20.5. The molecular weight excluding hydrogens is 358 g/mol. The van der Waals surface area contributed by atoms with Crippen molar-refractivity contribution in [1.82, 2.24) is 9.47 Å². The molecule has 4 heteroatoms. The molecule has 1 N–H and O–H groups in total. The van der Waals surface area contributed by atoms with Gasteiger partial charge >= 0.3 is 6.03 Å². The van der Waals surface area contributed by atoms with Crippen LogP contribution < -0.4 is 5.32 Å². The molecule has 150 valence electrons. The van der Waals surface area contributed by atoms with Crippen LogP contribution in [0.1, 0.15) is 53.8 Å². The zero-order valence-corrected chi connectivity index (χ0v) is 17.6. The van der Waals surface area contributed by atoms with Gasteiger partial charge in [-0.1, -0.05) is 49.7 Å². The van der Waals surface area contributed by atoms with Crippen molar-refractivity contribution in [2.75, 3.05) is 11.9 Å². The summed E-state index contributed by atoms with van der Waals surface area (Å²) >= 11 is 0. The van der Waals surface area contributed by atoms with Gasteiger partial charge in [0.15, 0.2) is 0 Å². The number of urea groups is 1. The van der Waals surface area contributed by atoms with Crippen LogP contribution in [0.3, 0.4) is 0 Å². The van der Waals surface area contributed by atoms with Gasteiger partial charge in [-0.25, -0.2) is 4.79 Å². The second-order valence-corrected chi connectivity index (χ2v) is 8.29. The fourth-order valence-electron chi connectivity index (χ4n) is 4.21. The van der Waals surface area contributed by atoms with Crippen molar-refractivity contribution in [3.05, 3.63) is 88.7 Å². The predicted octanol–water partition coefficient (Wildman–Crippen LogP) is 5.87. The van der Waals surface area contributed by atoms with Crippen molar-refractivity contribution in [1.29, 1.82) is 0 Å². The SMILES string of the molecule is Cc1ccc(C2c3cccn3CCN2C(=O)Nc2ccc(C(C)C)cc2)c(C)c1. The standard InChI is InChI=1S/C25H29N3O/c1-17(2)20-8-10-21(11-9-20)26-25(29)28-15-14-27-13-5-6-23(27)24(28)22-12-7-18(3)16-19(22)4/h5-13,16-17,24H,14-15H2,1-4H3,(H,26,29). The third-order valence-electron chi connectivity index (χ3n) is 5.85. The molecule has 0 fully saturated rings. The van der Waals surface area contributed by atoms with Gasteiger partial charge in [-0.05, 0) is 60.7 Å². The number of aromatic nitrogens is 1. The number of amides is 2. The van der Waals surface area contributed by atoms with Crippen molar-refractivity contribution in [3.63, 3.8) is 0 Å². The van der Waals surface area contributed by atoms with Crippen LogP contribution >= 0.6 is 0 Å². The molecule has 0 saturated carbocycles. The quantitative estimate of drug-likeness (QED) is 0.600. The maximum atomic E-state index is 13.3. The topological polar surface area (TPSA) is 37.3 Å². The highest BCUT2D eigenvalue weighted by molar-refractivity contribution is 5.90. The van der Waals surface area contributed by atoms with Crippen LogP contribution in [0.25, 0.3) is 0 Å². The van der Waals surface area contributed by atoms with E-state index in [1.807, 2.05) is 17.0 Å². The second-order valence-electron chi connectivity index (χ2n) is 8.29. The summed E-state index contributed by atoms with van der Waals surface area (Å²) in [7, 11) is 0. The fourth-order valence-corrected chi connectivity index (χ4v) is 4.21. The van der Waals surface area contributed by atoms with E-state index in [9.17, 15) is 4.79 Å². The third-order valence-corrected chi connectivity index (χ3v) is 5.85. The monoisotopic (exact) mass is 387 g/mol. The first-order chi connectivity index (χ1) is 13.9. The van der Waals surface area contributed by atoms with Crippen molar-refractivity contribution in [2.45, 2.75) is 46.2 Å². The Labute approximate surface area is 173 Å². The van der Waals surface area contributed by atoms with Gasteiger partial charge in [0.25, 0.3) is 0 Å². The molecule has 29 heavy (non-hydrogen) atoms. The summed E-state index contributed by atoms with van der Waals surface area (Å²) in [4.78, 5) is 15.2. The lowest BCUT2D eigenvalue weighted by Gasteiger charge is -2.38. The smallest absolute Gasteiger partial charge is 0.322 e. The van der Waals surface area contributed by atoms with E-state index < -0.39 is 0 Å². The number of carbonyl (C=O) groups is 1. The van der Waals surface area contributed by atoms with Gasteiger partial charge in [-0.15, -0.1) is 0 Å². The van der Waals surface area contributed by atoms with Crippen LogP contribution in [0.15, 0.2) is 60.8 Å². The fraction of sp³-hybridized carbons (Fsp3) is 0.320. The molecule has 1 atom stereocenters. The zero-order valence-electron chi connectivity index (χ0n) is 17.6. The first-order valence-electron chi connectivity index (χ1n) is 10.3. The molecule has 1 unspecified atom stereocenters. The normalized spacial score (nSPS) is 16.0. The number of nitrogens with one attached hydrogen (secondary N) is 1. The number of hydrogen-bond acceptors (Lipinski definition) is 1. The highest BCUT2D eigenvalue weighted by Crippen LogP contribution is 2.35. The number of benzene rings is 2. The summed E-state index contributed by atoms with van der Waals surface area (Å²) in [6.07, 6.45) is 2.10. The Hall–Kier alpha value is -3.01. The van der Waals surface area contributed by atoms with Crippen LogP contribution in [0, 0.1) is 13.8 Å². The van der Waals surface area contributed by atoms with Crippen molar-refractivity contribution in [3.8, 4) is 0 Å². The van der Waals surface area contributed by atoms with Gasteiger partial charge in [-0.3, -0.25) is 0 Å². The summed E-state index contributed by atoms with van der Waals surface area (Å²) in [5, 5.41) is 3.11. The molecule has 4 rings (SSSR count). The molecule has 2 aromatic carbocycles. The number of rotatable bonds is 3. The molecule has 0 saturated heterocycles. The molecule has 2 heterocycles. The largest absolute Gasteiger partial charge is 0.348 e. The molecular formula is C25H29N3O. The van der Waals surface area contributed by atoms with E-state index in [0.717, 1.165) is 17.9 Å². The molecule has 0 bridgehead atoms. The van der Waals surface area contributed by atoms with Crippen LogP contribution in [0.4, 0.5) is 10.5 Å². The lowest BCUT2D eigenvalue weighted by Crippen LogP contribution is -2.44. The molecule has 0 radical (unpaired) electrons. The maximum absolute atomic E-state index is 13.3. The van der Waals surface area contributed by atoms with Gasteiger partial charge in [-0.2, -0.15) is 0 Å². The van der Waals surface area contributed by atoms with Gasteiger partial charge in [0.05, 0.1) is 6.04 Å². The highest BCUT2D eigenvalue weighted by Gasteiger charge is 2.33. The number of hydrogen-bond donors (Lipinski definition) is 1. The Kier molecular flexibility index (Phi) is 5.18. The minimum absolute atomic E-state index is 0.0558. The number of anilines is 1. The summed E-state index contributed by atoms with van der Waals surface area (Å²) in [6.45, 7) is 10.1. The Balaban J connectivity index is 1.65. The third kappa shape index (κ3) is 3.80. The van der Waals surface area contributed by atoms with Crippen LogP contribution in [0.2, 0.25) is 0 Å². The number of carbonyl (C=O) groups excluding carboxylic acids is 1. The molecule has 1 aliphatic heterocycles. The molecule has 0 spiro atoms. The minimum atomic E-state index is -0.0886. The van der Waals surface area contributed by atoms with Gasteiger partial charge in [0.2, 0.25) is 0 Å². The van der Waals surface area contributed by atoms with Crippen molar-refractivity contribution in [2.24, 2.45) is 0 Å². The molecule has 0 aliphatic carbocycles. The van der Waals surface area contributed by atoms with Crippen LogP contribution in [0.5, 0.6) is 0 Å². The van der Waals surface area contributed by atoms with E-state index in [2.05, 4.69) is 86.2 Å². The molecule has 2 amide bonds. The summed E-state index contributed by atoms with van der Waals surface area (Å²) in [5.74, 6) is 0.475. The molecule has 1 aromatic heterocycles. The second kappa shape index (κ2) is 7.78. The maximum Gasteiger partial charge on any atom is 0.322 e. The van der Waals surface area contributed by atoms with E-state index in [-0.39, 0.29) is 12.1 Å². The number of fused-ring (bicyclic) bond motifs is 1. The summed E-state index contributed by atoms with van der Waals surface area (Å²) in [5.41, 5.74) is 6.89. The summed E-state index contributed by atoms with van der Waals surface area (Å²) < 4.78 is 2.26. The number of aryl methyl sites for hydroxylation is 2. The van der Waals surface area contributed by atoms with Crippen LogP contribution in [-0.2, 0) is 6.54 Å². The average molecular weight is 388 g/mol. The minimum Gasteiger partial charge on any atom is -0.348 e. The van der Waals surface area contributed by atoms with Crippen molar-refractivity contribution < 1.29 is 4.79 Å².